The Morgan fingerprint density at radius 1 is 0.383 bits per heavy atom. The molecule has 0 aliphatic heterocycles. The molecule has 6 nitrogen and oxygen atoms in total. The normalized spacial score (nSPS) is 11.7. The molecule has 0 aromatic heterocycles. The van der Waals surface area contributed by atoms with Crippen LogP contribution in [0.4, 0.5) is 0 Å². The van der Waals surface area contributed by atoms with E-state index >= 15 is 0 Å². The number of rotatable bonds is 30. The van der Waals surface area contributed by atoms with Gasteiger partial charge in [-0.3, -0.25) is 0 Å². The van der Waals surface area contributed by atoms with Gasteiger partial charge >= 0.3 is 0 Å². The molecule has 1 N–H and O–H groups in total. The van der Waals surface area contributed by atoms with Crippen LogP contribution < -0.4 is 0 Å². The summed E-state index contributed by atoms with van der Waals surface area (Å²) in [6.45, 7) is 5.65. The minimum Gasteiger partial charge on any atom is -0.394 e. The molecule has 47 heavy (non-hydrogen) atoms. The minimum absolute atomic E-state index is 0.0411. The zero-order chi connectivity index (χ0) is 32.9. The number of aliphatic hydroxyl groups is 1. The Morgan fingerprint density at radius 3 is 1.09 bits per heavy atom. The summed E-state index contributed by atoms with van der Waals surface area (Å²) in [6.07, 6.45) is 11.5. The molecule has 0 saturated heterocycles. The highest BCUT2D eigenvalue weighted by Crippen LogP contribution is 2.48. The highest BCUT2D eigenvalue weighted by molar-refractivity contribution is 8.00. The van der Waals surface area contributed by atoms with Gasteiger partial charge in [0.05, 0.1) is 70.8 Å². The summed E-state index contributed by atoms with van der Waals surface area (Å²) in [4.78, 5) is 0. The molecule has 0 aliphatic rings. The van der Waals surface area contributed by atoms with E-state index in [1.807, 2.05) is 0 Å². The van der Waals surface area contributed by atoms with Gasteiger partial charge in [-0.1, -0.05) is 136 Å². The summed E-state index contributed by atoms with van der Waals surface area (Å²) >= 11 is 2.08. The lowest BCUT2D eigenvalue weighted by Crippen LogP contribution is -2.26. The summed E-state index contributed by atoms with van der Waals surface area (Å²) in [5.41, 5.74) is 4.04. The number of unbranched alkanes of at least 4 members (excludes halogenated alkanes) is 8. The molecule has 0 radical (unpaired) electrons. The molecular weight excluding hydrogens is 609 g/mol. The van der Waals surface area contributed by atoms with Crippen LogP contribution in [0.15, 0.2) is 91.0 Å². The van der Waals surface area contributed by atoms with Crippen LogP contribution in [0, 0.1) is 0 Å². The van der Waals surface area contributed by atoms with E-state index in [0.29, 0.717) is 59.5 Å². The van der Waals surface area contributed by atoms with Crippen LogP contribution in [-0.4, -0.2) is 83.5 Å². The minimum atomic E-state index is -0.204. The van der Waals surface area contributed by atoms with Crippen molar-refractivity contribution in [3.63, 3.8) is 0 Å². The van der Waals surface area contributed by atoms with E-state index in [0.717, 1.165) is 18.8 Å². The Balaban J connectivity index is 1.16. The van der Waals surface area contributed by atoms with Crippen molar-refractivity contribution in [2.75, 3.05) is 78.4 Å². The molecule has 3 rings (SSSR count). The number of hydrogen-bond donors (Lipinski definition) is 1. The van der Waals surface area contributed by atoms with E-state index in [1.54, 1.807) is 0 Å². The van der Waals surface area contributed by atoms with Gasteiger partial charge in [-0.15, -0.1) is 11.8 Å². The second-order valence-corrected chi connectivity index (χ2v) is 12.9. The number of aliphatic hydroxyl groups excluding tert-OH is 1. The molecule has 0 spiro atoms. The summed E-state index contributed by atoms with van der Waals surface area (Å²) < 4.78 is 27.0. The fourth-order valence-corrected chi connectivity index (χ4v) is 7.15. The summed E-state index contributed by atoms with van der Waals surface area (Å²) in [6, 6.07) is 33.1. The van der Waals surface area contributed by atoms with E-state index in [2.05, 4.69) is 103 Å². The van der Waals surface area contributed by atoms with E-state index in [-0.39, 0.29) is 11.4 Å². The molecule has 3 aromatic rings. The van der Waals surface area contributed by atoms with Gasteiger partial charge in [-0.25, -0.2) is 0 Å². The molecule has 0 atom stereocenters. The van der Waals surface area contributed by atoms with Crippen LogP contribution in [0.1, 0.15) is 74.5 Å². The Hall–Kier alpha value is -2.23. The van der Waals surface area contributed by atoms with Gasteiger partial charge in [0, 0.05) is 6.61 Å². The van der Waals surface area contributed by atoms with Gasteiger partial charge in [0.1, 0.15) is 0 Å². The zero-order valence-electron chi connectivity index (χ0n) is 28.4. The van der Waals surface area contributed by atoms with Crippen LogP contribution >= 0.6 is 11.8 Å². The van der Waals surface area contributed by atoms with Crippen molar-refractivity contribution in [3.8, 4) is 0 Å². The maximum atomic E-state index is 8.62. The first-order valence-corrected chi connectivity index (χ1v) is 18.7. The van der Waals surface area contributed by atoms with E-state index in [4.69, 9.17) is 28.8 Å². The monoisotopic (exact) mass is 666 g/mol. The molecule has 0 amide bonds. The number of thioether (sulfide) groups is 1. The van der Waals surface area contributed by atoms with Crippen molar-refractivity contribution in [2.45, 2.75) is 62.5 Å². The summed E-state index contributed by atoms with van der Waals surface area (Å²) in [5.74, 6) is 1.14. The van der Waals surface area contributed by atoms with Gasteiger partial charge in [-0.05, 0) is 35.3 Å². The van der Waals surface area contributed by atoms with Crippen LogP contribution in [0.5, 0.6) is 0 Å². The third kappa shape index (κ3) is 16.1. The van der Waals surface area contributed by atoms with Crippen LogP contribution in [0.3, 0.4) is 0 Å². The van der Waals surface area contributed by atoms with Crippen molar-refractivity contribution in [2.24, 2.45) is 0 Å². The van der Waals surface area contributed by atoms with E-state index < -0.39 is 0 Å². The second kappa shape index (κ2) is 26.7. The number of ether oxygens (including phenoxy) is 5. The smallest absolute Gasteiger partial charge is 0.0906 e. The predicted octanol–water partition coefficient (Wildman–Crippen LogP) is 8.30. The standard InChI is InChI=1S/C40H58O6S/c41-25-27-43-29-31-45-33-35-46-34-32-44-30-28-42-26-17-6-4-2-1-3-5-7-18-36-47-40(37-19-11-8-12-20-37,38-21-13-9-14-22-38)39-23-15-10-16-24-39/h8-16,19-24,41H,1-7,17-18,25-36H2. The lowest BCUT2D eigenvalue weighted by atomic mass is 9.84. The van der Waals surface area contributed by atoms with Crippen molar-refractivity contribution >= 4 is 11.8 Å². The molecular formula is C40H58O6S. The maximum Gasteiger partial charge on any atom is 0.0906 e. The third-order valence-electron chi connectivity index (χ3n) is 8.02. The van der Waals surface area contributed by atoms with E-state index in [9.17, 15) is 0 Å². The van der Waals surface area contributed by atoms with Crippen molar-refractivity contribution in [1.82, 2.24) is 0 Å². The number of benzene rings is 3. The fraction of sp³-hybridized carbons (Fsp3) is 0.550. The first-order valence-electron chi connectivity index (χ1n) is 17.7. The van der Waals surface area contributed by atoms with Crippen LogP contribution in [-0.2, 0) is 28.4 Å². The highest BCUT2D eigenvalue weighted by Gasteiger charge is 2.36. The number of hydrogen-bond acceptors (Lipinski definition) is 7. The lowest BCUT2D eigenvalue weighted by Gasteiger charge is -2.35. The second-order valence-electron chi connectivity index (χ2n) is 11.6. The van der Waals surface area contributed by atoms with Gasteiger partial charge in [0.15, 0.2) is 0 Å². The Bertz CT molecular complexity index is 1000. The largest absolute Gasteiger partial charge is 0.394 e. The van der Waals surface area contributed by atoms with Gasteiger partial charge < -0.3 is 28.8 Å². The van der Waals surface area contributed by atoms with Gasteiger partial charge in [0.2, 0.25) is 0 Å². The third-order valence-corrected chi connectivity index (χ3v) is 9.65. The predicted molar refractivity (Wildman–Crippen MR) is 194 cm³/mol. The Kier molecular flexibility index (Phi) is 22.3. The molecule has 0 fully saturated rings. The molecule has 0 saturated carbocycles. The van der Waals surface area contributed by atoms with Crippen molar-refractivity contribution in [1.29, 1.82) is 0 Å². The molecule has 3 aromatic carbocycles. The van der Waals surface area contributed by atoms with E-state index in [1.165, 1.54) is 68.1 Å². The topological polar surface area (TPSA) is 66.4 Å². The van der Waals surface area contributed by atoms with Crippen molar-refractivity contribution in [3.05, 3.63) is 108 Å². The maximum absolute atomic E-state index is 8.62. The first-order chi connectivity index (χ1) is 23.4. The molecule has 0 aliphatic carbocycles. The Morgan fingerprint density at radius 2 is 0.702 bits per heavy atom. The van der Waals surface area contributed by atoms with Crippen LogP contribution in [0.25, 0.3) is 0 Å². The molecule has 0 unspecified atom stereocenters. The average Bonchev–Trinajstić information content (AvgIpc) is 3.12. The van der Waals surface area contributed by atoms with Gasteiger partial charge in [0.25, 0.3) is 0 Å². The summed E-state index contributed by atoms with van der Waals surface area (Å²) in [7, 11) is 0. The summed E-state index contributed by atoms with van der Waals surface area (Å²) in [5, 5.41) is 8.62. The molecule has 260 valence electrons. The lowest BCUT2D eigenvalue weighted by molar-refractivity contribution is -0.0134. The highest BCUT2D eigenvalue weighted by atomic mass is 32.2. The fourth-order valence-electron chi connectivity index (χ4n) is 5.58. The van der Waals surface area contributed by atoms with Crippen LogP contribution in [0.2, 0.25) is 0 Å². The molecule has 7 heteroatoms. The van der Waals surface area contributed by atoms with Gasteiger partial charge in [-0.2, -0.15) is 0 Å². The quantitative estimate of drug-likeness (QED) is 0.0567. The molecule has 0 heterocycles. The SMILES string of the molecule is OCCOCCOCCOCCOCCOCCCCCCCCCCCSC(c1ccccc1)(c1ccccc1)c1ccccc1. The van der Waals surface area contributed by atoms with Crippen molar-refractivity contribution < 1.29 is 28.8 Å². The first kappa shape index (κ1) is 39.2. The zero-order valence-corrected chi connectivity index (χ0v) is 29.2. The molecule has 0 bridgehead atoms. The Labute approximate surface area is 288 Å². The average molecular weight is 667 g/mol.